The molecule has 7 heteroatoms. The van der Waals surface area contributed by atoms with Crippen molar-refractivity contribution in [2.75, 3.05) is 32.5 Å². The van der Waals surface area contributed by atoms with Crippen LogP contribution in [-0.4, -0.2) is 39.5 Å². The van der Waals surface area contributed by atoms with Crippen molar-refractivity contribution >= 4 is 17.6 Å². The molecule has 0 bridgehead atoms. The molecule has 0 aliphatic carbocycles. The molecular formula is C27H25NO6. The van der Waals surface area contributed by atoms with Gasteiger partial charge in [0.1, 0.15) is 24.8 Å². The van der Waals surface area contributed by atoms with E-state index in [1.807, 2.05) is 78.9 Å². The van der Waals surface area contributed by atoms with Crippen molar-refractivity contribution in [3.05, 3.63) is 95.7 Å². The fourth-order valence-corrected chi connectivity index (χ4v) is 3.69. The van der Waals surface area contributed by atoms with Crippen molar-refractivity contribution in [2.24, 2.45) is 0 Å². The molecule has 34 heavy (non-hydrogen) atoms. The van der Waals surface area contributed by atoms with E-state index in [4.69, 9.17) is 18.9 Å². The summed E-state index contributed by atoms with van der Waals surface area (Å²) in [5, 5.41) is 0. The first-order valence-corrected chi connectivity index (χ1v) is 10.7. The monoisotopic (exact) mass is 459 g/mol. The molecule has 7 nitrogen and oxygen atoms in total. The summed E-state index contributed by atoms with van der Waals surface area (Å²) in [6.45, 7) is 0.567. The highest BCUT2D eigenvalue weighted by Crippen LogP contribution is 2.30. The third-order valence-electron chi connectivity index (χ3n) is 5.43. The number of nitrogens with zero attached hydrogens (tertiary/aromatic N) is 1. The molecule has 0 fully saturated rings. The van der Waals surface area contributed by atoms with Crippen molar-refractivity contribution < 1.29 is 28.5 Å². The van der Waals surface area contributed by atoms with Crippen LogP contribution in [0.1, 0.15) is 5.56 Å². The van der Waals surface area contributed by atoms with Crippen LogP contribution in [0.5, 0.6) is 5.75 Å². The Morgan fingerprint density at radius 3 is 2.29 bits per heavy atom. The first-order valence-electron chi connectivity index (χ1n) is 10.7. The molecule has 0 amide bonds. The molecule has 1 aliphatic heterocycles. The summed E-state index contributed by atoms with van der Waals surface area (Å²) in [6.07, 6.45) is 0. The van der Waals surface area contributed by atoms with E-state index >= 15 is 0 Å². The van der Waals surface area contributed by atoms with E-state index in [2.05, 4.69) is 0 Å². The lowest BCUT2D eigenvalue weighted by atomic mass is 10.0. The van der Waals surface area contributed by atoms with Crippen LogP contribution >= 0.6 is 0 Å². The maximum atomic E-state index is 12.5. The molecule has 0 aromatic heterocycles. The van der Waals surface area contributed by atoms with Crippen LogP contribution < -0.4 is 9.64 Å². The molecule has 3 aromatic carbocycles. The lowest BCUT2D eigenvalue weighted by molar-refractivity contribution is -0.140. The van der Waals surface area contributed by atoms with Gasteiger partial charge < -0.3 is 23.8 Å². The maximum Gasteiger partial charge on any atom is 0.355 e. The smallest absolute Gasteiger partial charge is 0.355 e. The van der Waals surface area contributed by atoms with E-state index in [1.165, 1.54) is 14.2 Å². The molecule has 0 atom stereocenters. The molecule has 0 saturated heterocycles. The van der Waals surface area contributed by atoms with E-state index in [9.17, 15) is 9.59 Å². The summed E-state index contributed by atoms with van der Waals surface area (Å²) in [4.78, 5) is 26.3. The fraction of sp³-hybridized carbons (Fsp3) is 0.185. The Morgan fingerprint density at radius 2 is 1.59 bits per heavy atom. The molecule has 0 unspecified atom stereocenters. The van der Waals surface area contributed by atoms with Crippen molar-refractivity contribution in [1.82, 2.24) is 0 Å². The fourth-order valence-electron chi connectivity index (χ4n) is 3.69. The van der Waals surface area contributed by atoms with Gasteiger partial charge in [0, 0.05) is 5.69 Å². The van der Waals surface area contributed by atoms with Crippen molar-refractivity contribution in [3.63, 3.8) is 0 Å². The predicted molar refractivity (Wildman–Crippen MR) is 127 cm³/mol. The van der Waals surface area contributed by atoms with Crippen molar-refractivity contribution in [2.45, 2.75) is 6.61 Å². The summed E-state index contributed by atoms with van der Waals surface area (Å²) >= 11 is 0. The number of hydrogen-bond donors (Lipinski definition) is 0. The summed E-state index contributed by atoms with van der Waals surface area (Å²) in [5.74, 6) is -0.487. The Morgan fingerprint density at radius 1 is 0.853 bits per heavy atom. The molecule has 0 saturated carbocycles. The van der Waals surface area contributed by atoms with E-state index in [0.29, 0.717) is 12.3 Å². The Balaban J connectivity index is 1.56. The maximum absolute atomic E-state index is 12.5. The molecule has 4 rings (SSSR count). The van der Waals surface area contributed by atoms with Gasteiger partial charge in [-0.15, -0.1) is 0 Å². The number of anilines is 1. The zero-order chi connectivity index (χ0) is 23.9. The largest absolute Gasteiger partial charge is 0.489 e. The quantitative estimate of drug-likeness (QED) is 0.487. The van der Waals surface area contributed by atoms with Crippen LogP contribution in [0, 0.1) is 0 Å². The van der Waals surface area contributed by atoms with Gasteiger partial charge in [-0.25, -0.2) is 9.59 Å². The number of carbonyl (C=O) groups is 2. The summed E-state index contributed by atoms with van der Waals surface area (Å²) in [7, 11) is 2.53. The zero-order valence-corrected chi connectivity index (χ0v) is 19.0. The van der Waals surface area contributed by atoms with Gasteiger partial charge in [-0.2, -0.15) is 0 Å². The van der Waals surface area contributed by atoms with Gasteiger partial charge in [0.25, 0.3) is 0 Å². The summed E-state index contributed by atoms with van der Waals surface area (Å²) in [5.41, 5.74) is 3.98. The Labute approximate surface area is 198 Å². The van der Waals surface area contributed by atoms with Crippen LogP contribution in [0.2, 0.25) is 0 Å². The number of benzene rings is 3. The Bertz CT molecular complexity index is 1190. The number of carbonyl (C=O) groups excluding carboxylic acids is 2. The first-order chi connectivity index (χ1) is 16.6. The highest BCUT2D eigenvalue weighted by molar-refractivity contribution is 6.03. The van der Waals surface area contributed by atoms with Crippen LogP contribution in [0.3, 0.4) is 0 Å². The Hall–Kier alpha value is -4.10. The molecule has 0 spiro atoms. The standard InChI is InChI=1S/C27H25NO6/c1-31-26(29)24-17-33-18-28(25(24)27(30)32-2)22-13-11-20(12-14-22)21-9-6-10-23(15-21)34-16-19-7-4-3-5-8-19/h3-15H,16-18H2,1-2H3. The van der Waals surface area contributed by atoms with Crippen molar-refractivity contribution in [1.29, 1.82) is 0 Å². The van der Waals surface area contributed by atoms with Gasteiger partial charge in [-0.1, -0.05) is 54.6 Å². The van der Waals surface area contributed by atoms with Gasteiger partial charge >= 0.3 is 11.9 Å². The second-order valence-corrected chi connectivity index (χ2v) is 7.56. The van der Waals surface area contributed by atoms with E-state index < -0.39 is 11.9 Å². The average Bonchev–Trinajstić information content (AvgIpc) is 2.91. The molecule has 0 N–H and O–H groups in total. The second kappa shape index (κ2) is 10.7. The lowest BCUT2D eigenvalue weighted by Gasteiger charge is -2.31. The van der Waals surface area contributed by atoms with Gasteiger partial charge in [0.15, 0.2) is 0 Å². The third kappa shape index (κ3) is 5.10. The highest BCUT2D eigenvalue weighted by atomic mass is 16.5. The first kappa shape index (κ1) is 23.1. The van der Waals surface area contributed by atoms with E-state index in [1.54, 1.807) is 4.90 Å². The zero-order valence-electron chi connectivity index (χ0n) is 19.0. The molecule has 1 heterocycles. The van der Waals surface area contributed by atoms with E-state index in [-0.39, 0.29) is 24.6 Å². The topological polar surface area (TPSA) is 74.3 Å². The minimum Gasteiger partial charge on any atom is -0.489 e. The Kier molecular flexibility index (Phi) is 7.25. The highest BCUT2D eigenvalue weighted by Gasteiger charge is 2.32. The minimum atomic E-state index is -0.631. The number of ether oxygens (including phenoxy) is 4. The van der Waals surface area contributed by atoms with Crippen LogP contribution in [0.25, 0.3) is 11.1 Å². The van der Waals surface area contributed by atoms with Crippen LogP contribution in [0.4, 0.5) is 5.69 Å². The second-order valence-electron chi connectivity index (χ2n) is 7.56. The molecule has 0 radical (unpaired) electrons. The number of methoxy groups -OCH3 is 2. The lowest BCUT2D eigenvalue weighted by Crippen LogP contribution is -2.38. The van der Waals surface area contributed by atoms with Gasteiger partial charge in [0.2, 0.25) is 0 Å². The summed E-state index contributed by atoms with van der Waals surface area (Å²) in [6, 6.07) is 25.4. The van der Waals surface area contributed by atoms with Crippen LogP contribution in [0.15, 0.2) is 90.1 Å². The normalized spacial score (nSPS) is 13.4. The molecule has 3 aromatic rings. The average molecular weight is 459 g/mol. The minimum absolute atomic E-state index is 0.0263. The predicted octanol–water partition coefficient (Wildman–Crippen LogP) is 4.33. The number of esters is 2. The number of rotatable bonds is 7. The van der Waals surface area contributed by atoms with Gasteiger partial charge in [-0.3, -0.25) is 0 Å². The molecule has 1 aliphatic rings. The van der Waals surface area contributed by atoms with Gasteiger partial charge in [-0.05, 0) is 41.0 Å². The molecular weight excluding hydrogens is 434 g/mol. The molecule has 174 valence electrons. The SMILES string of the molecule is COC(=O)C1=C(C(=O)OC)N(c2ccc(-c3cccc(OCc4ccccc4)c3)cc2)COC1. The third-order valence-corrected chi connectivity index (χ3v) is 5.43. The van der Waals surface area contributed by atoms with Gasteiger partial charge in [0.05, 0.1) is 26.4 Å². The van der Waals surface area contributed by atoms with Crippen LogP contribution in [-0.2, 0) is 30.4 Å². The van der Waals surface area contributed by atoms with E-state index in [0.717, 1.165) is 22.4 Å². The summed E-state index contributed by atoms with van der Waals surface area (Å²) < 4.78 is 21.2. The van der Waals surface area contributed by atoms with Crippen molar-refractivity contribution in [3.8, 4) is 16.9 Å². The number of hydrogen-bond acceptors (Lipinski definition) is 7.